The van der Waals surface area contributed by atoms with Crippen molar-refractivity contribution in [3.63, 3.8) is 0 Å². The largest absolute Gasteiger partial charge is 0.454 e. The molecule has 3 rings (SSSR count). The highest BCUT2D eigenvalue weighted by atomic mass is 19.1. The van der Waals surface area contributed by atoms with Crippen LogP contribution in [0, 0.1) is 15.9 Å². The minimum absolute atomic E-state index is 0.128. The number of anilines is 1. The molecule has 0 unspecified atom stereocenters. The van der Waals surface area contributed by atoms with Gasteiger partial charge in [-0.15, -0.1) is 0 Å². The molecule has 1 N–H and O–H groups in total. The Morgan fingerprint density at radius 1 is 1.21 bits per heavy atom. The highest BCUT2D eigenvalue weighted by Gasteiger charge is 2.15. The number of hydrogen-bond acceptors (Lipinski definition) is 5. The molecule has 0 saturated heterocycles. The van der Waals surface area contributed by atoms with E-state index in [0.29, 0.717) is 11.5 Å². The van der Waals surface area contributed by atoms with Crippen molar-refractivity contribution in [2.24, 2.45) is 0 Å². The van der Waals surface area contributed by atoms with Gasteiger partial charge in [0.25, 0.3) is 0 Å². The lowest BCUT2D eigenvalue weighted by Crippen LogP contribution is -2.08. The van der Waals surface area contributed by atoms with Crippen LogP contribution in [-0.4, -0.2) is 17.6 Å². The molecular formula is C16H11FN2O5. The number of ether oxygens (including phenoxy) is 2. The molecule has 2 aromatic rings. The third-order valence-corrected chi connectivity index (χ3v) is 3.23. The van der Waals surface area contributed by atoms with Gasteiger partial charge in [-0.1, -0.05) is 6.07 Å². The number of nitrogens with zero attached hydrogens (tertiary/aromatic N) is 1. The SMILES string of the molecule is O=C(C=Cc1ccc2c(c1)OCO2)Nc1ccc(F)c([N+](=O)[O-])c1. The van der Waals surface area contributed by atoms with E-state index < -0.39 is 22.3 Å². The topological polar surface area (TPSA) is 90.7 Å². The summed E-state index contributed by atoms with van der Waals surface area (Å²) in [5.41, 5.74) is 0.149. The Hall–Kier alpha value is -3.42. The maximum Gasteiger partial charge on any atom is 0.306 e. The number of carbonyl (C=O) groups is 1. The van der Waals surface area contributed by atoms with E-state index in [0.717, 1.165) is 17.7 Å². The Kier molecular flexibility index (Phi) is 4.11. The van der Waals surface area contributed by atoms with Crippen LogP contribution < -0.4 is 14.8 Å². The molecule has 1 aliphatic heterocycles. The number of carbonyl (C=O) groups excluding carboxylic acids is 1. The fourth-order valence-electron chi connectivity index (χ4n) is 2.10. The molecular weight excluding hydrogens is 319 g/mol. The first-order valence-electron chi connectivity index (χ1n) is 6.85. The Morgan fingerprint density at radius 3 is 2.79 bits per heavy atom. The molecule has 0 aliphatic carbocycles. The summed E-state index contributed by atoms with van der Waals surface area (Å²) < 4.78 is 23.7. The van der Waals surface area contributed by atoms with Gasteiger partial charge in [0.15, 0.2) is 11.5 Å². The monoisotopic (exact) mass is 330 g/mol. The van der Waals surface area contributed by atoms with Crippen molar-refractivity contribution in [3.8, 4) is 11.5 Å². The summed E-state index contributed by atoms with van der Waals surface area (Å²) in [7, 11) is 0. The molecule has 1 aliphatic rings. The third-order valence-electron chi connectivity index (χ3n) is 3.23. The summed E-state index contributed by atoms with van der Waals surface area (Å²) in [5.74, 6) is -0.246. The number of hydrogen-bond donors (Lipinski definition) is 1. The second-order valence-electron chi connectivity index (χ2n) is 4.86. The maximum absolute atomic E-state index is 13.2. The number of nitrogens with one attached hydrogen (secondary N) is 1. The zero-order valence-electron chi connectivity index (χ0n) is 12.2. The minimum atomic E-state index is -0.964. The summed E-state index contributed by atoms with van der Waals surface area (Å²) >= 11 is 0. The maximum atomic E-state index is 13.2. The molecule has 8 heteroatoms. The summed E-state index contributed by atoms with van der Waals surface area (Å²) in [6.07, 6.45) is 2.81. The number of amides is 1. The molecule has 24 heavy (non-hydrogen) atoms. The number of halogens is 1. The van der Waals surface area contributed by atoms with Crippen LogP contribution in [0.1, 0.15) is 5.56 Å². The highest BCUT2D eigenvalue weighted by Crippen LogP contribution is 2.32. The van der Waals surface area contributed by atoms with E-state index in [1.54, 1.807) is 24.3 Å². The first kappa shape index (κ1) is 15.5. The quantitative estimate of drug-likeness (QED) is 0.528. The van der Waals surface area contributed by atoms with E-state index in [9.17, 15) is 19.3 Å². The smallest absolute Gasteiger partial charge is 0.306 e. The predicted octanol–water partition coefficient (Wildman–Crippen LogP) is 3.11. The number of rotatable bonds is 4. The van der Waals surface area contributed by atoms with Crippen molar-refractivity contribution in [2.75, 3.05) is 12.1 Å². The van der Waals surface area contributed by atoms with E-state index in [4.69, 9.17) is 9.47 Å². The van der Waals surface area contributed by atoms with Crippen molar-refractivity contribution < 1.29 is 23.6 Å². The van der Waals surface area contributed by atoms with Crippen LogP contribution >= 0.6 is 0 Å². The molecule has 0 radical (unpaired) electrons. The molecule has 0 saturated carbocycles. The van der Waals surface area contributed by atoms with Gasteiger partial charge in [-0.2, -0.15) is 4.39 Å². The van der Waals surface area contributed by atoms with E-state index in [-0.39, 0.29) is 12.5 Å². The first-order chi connectivity index (χ1) is 11.5. The second-order valence-corrected chi connectivity index (χ2v) is 4.86. The molecule has 0 fully saturated rings. The van der Waals surface area contributed by atoms with E-state index in [1.165, 1.54) is 12.1 Å². The fourth-order valence-corrected chi connectivity index (χ4v) is 2.10. The standard InChI is InChI=1S/C16H11FN2O5/c17-12-4-3-11(8-13(12)19(21)22)18-16(20)6-2-10-1-5-14-15(7-10)24-9-23-14/h1-8H,9H2,(H,18,20). The van der Waals surface area contributed by atoms with Crippen molar-refractivity contribution in [3.05, 3.63) is 64.0 Å². The lowest BCUT2D eigenvalue weighted by atomic mass is 10.2. The Labute approximate surface area is 135 Å². The van der Waals surface area contributed by atoms with Crippen molar-refractivity contribution in [1.82, 2.24) is 0 Å². The molecule has 0 spiro atoms. The van der Waals surface area contributed by atoms with Gasteiger partial charge >= 0.3 is 5.69 Å². The van der Waals surface area contributed by atoms with Gasteiger partial charge in [0.1, 0.15) is 0 Å². The van der Waals surface area contributed by atoms with Crippen LogP contribution in [-0.2, 0) is 4.79 Å². The predicted molar refractivity (Wildman–Crippen MR) is 83.3 cm³/mol. The van der Waals surface area contributed by atoms with Gasteiger partial charge in [-0.05, 0) is 35.9 Å². The van der Waals surface area contributed by atoms with Crippen molar-refractivity contribution in [1.29, 1.82) is 0 Å². The summed E-state index contributed by atoms with van der Waals surface area (Å²) in [6.45, 7) is 0.159. The highest BCUT2D eigenvalue weighted by molar-refractivity contribution is 6.02. The average Bonchev–Trinajstić information content (AvgIpc) is 3.02. The van der Waals surface area contributed by atoms with E-state index in [1.807, 2.05) is 0 Å². The number of nitro groups is 1. The van der Waals surface area contributed by atoms with Gasteiger partial charge in [-0.3, -0.25) is 14.9 Å². The zero-order chi connectivity index (χ0) is 17.1. The molecule has 0 aromatic heterocycles. The molecule has 1 heterocycles. The van der Waals surface area contributed by atoms with Gasteiger partial charge < -0.3 is 14.8 Å². The van der Waals surface area contributed by atoms with Crippen LogP contribution in [0.3, 0.4) is 0 Å². The lowest BCUT2D eigenvalue weighted by Gasteiger charge is -2.02. The van der Waals surface area contributed by atoms with Gasteiger partial charge in [0, 0.05) is 17.8 Å². The molecule has 7 nitrogen and oxygen atoms in total. The van der Waals surface area contributed by atoms with Gasteiger partial charge in [0.05, 0.1) is 4.92 Å². The van der Waals surface area contributed by atoms with Crippen LogP contribution in [0.4, 0.5) is 15.8 Å². The number of nitro benzene ring substituents is 1. The zero-order valence-corrected chi connectivity index (χ0v) is 12.2. The second kappa shape index (κ2) is 6.37. The van der Waals surface area contributed by atoms with E-state index >= 15 is 0 Å². The average molecular weight is 330 g/mol. The molecule has 0 atom stereocenters. The van der Waals surface area contributed by atoms with E-state index in [2.05, 4.69) is 5.32 Å². The third kappa shape index (κ3) is 3.32. The van der Waals surface area contributed by atoms with Gasteiger partial charge in [-0.25, -0.2) is 0 Å². The Balaban J connectivity index is 1.69. The van der Waals surface area contributed by atoms with Crippen LogP contribution in [0.5, 0.6) is 11.5 Å². The molecule has 2 aromatic carbocycles. The summed E-state index contributed by atoms with van der Waals surface area (Å²) in [4.78, 5) is 21.7. The summed E-state index contributed by atoms with van der Waals surface area (Å²) in [6, 6.07) is 8.32. The lowest BCUT2D eigenvalue weighted by molar-refractivity contribution is -0.387. The molecule has 0 bridgehead atoms. The van der Waals surface area contributed by atoms with Crippen LogP contribution in [0.25, 0.3) is 6.08 Å². The Bertz CT molecular complexity index is 850. The summed E-state index contributed by atoms with van der Waals surface area (Å²) in [5, 5.41) is 13.1. The molecule has 122 valence electrons. The van der Waals surface area contributed by atoms with Gasteiger partial charge in [0.2, 0.25) is 18.5 Å². The van der Waals surface area contributed by atoms with Crippen LogP contribution in [0.2, 0.25) is 0 Å². The minimum Gasteiger partial charge on any atom is -0.454 e. The van der Waals surface area contributed by atoms with Crippen LogP contribution in [0.15, 0.2) is 42.5 Å². The number of benzene rings is 2. The number of fused-ring (bicyclic) bond motifs is 1. The normalized spacial score (nSPS) is 12.4. The van der Waals surface area contributed by atoms with Crippen molar-refractivity contribution in [2.45, 2.75) is 0 Å². The molecule has 1 amide bonds. The van der Waals surface area contributed by atoms with Crippen molar-refractivity contribution >= 4 is 23.4 Å². The first-order valence-corrected chi connectivity index (χ1v) is 6.85. The Morgan fingerprint density at radius 2 is 2.00 bits per heavy atom. The fraction of sp³-hybridized carbons (Fsp3) is 0.0625.